The Hall–Kier alpha value is -2.12. The van der Waals surface area contributed by atoms with Gasteiger partial charge in [-0.15, -0.1) is 0 Å². The number of esters is 2. The maximum absolute atomic E-state index is 12.9. The number of hydrogen-bond acceptors (Lipinski definition) is 6. The molecule has 4 rings (SSSR count). The highest BCUT2D eigenvalue weighted by molar-refractivity contribution is 5.75. The molecule has 0 saturated heterocycles. The first kappa shape index (κ1) is 29.9. The van der Waals surface area contributed by atoms with Crippen molar-refractivity contribution in [2.75, 3.05) is 0 Å². The maximum Gasteiger partial charge on any atom is 0.310 e. The quantitative estimate of drug-likeness (QED) is 0.354. The van der Waals surface area contributed by atoms with E-state index in [2.05, 4.69) is 13.8 Å². The van der Waals surface area contributed by atoms with Gasteiger partial charge in [0.05, 0.1) is 23.7 Å². The van der Waals surface area contributed by atoms with Gasteiger partial charge in [-0.25, -0.2) is 0 Å². The van der Waals surface area contributed by atoms with Gasteiger partial charge in [0.1, 0.15) is 12.2 Å². The Morgan fingerprint density at radius 2 is 0.872 bits per heavy atom. The number of hydrogen-bond donors (Lipinski definition) is 2. The number of carbonyl (C=O) groups is 4. The third-order valence-corrected chi connectivity index (χ3v) is 10.8. The molecule has 0 bridgehead atoms. The van der Waals surface area contributed by atoms with E-state index in [0.29, 0.717) is 37.5 Å². The molecule has 0 aliphatic heterocycles. The fraction of sp³-hybridized carbons (Fsp3) is 0.871. The summed E-state index contributed by atoms with van der Waals surface area (Å²) in [4.78, 5) is 48.9. The second-order valence-electron chi connectivity index (χ2n) is 13.3. The van der Waals surface area contributed by atoms with Crippen molar-refractivity contribution in [2.24, 2.45) is 40.9 Å². The Bertz CT molecular complexity index is 811. The van der Waals surface area contributed by atoms with Crippen molar-refractivity contribution in [2.45, 2.75) is 129 Å². The summed E-state index contributed by atoms with van der Waals surface area (Å²) in [6, 6.07) is 0. The van der Waals surface area contributed by atoms with E-state index in [4.69, 9.17) is 9.47 Å². The van der Waals surface area contributed by atoms with Crippen molar-refractivity contribution >= 4 is 23.9 Å². The second-order valence-corrected chi connectivity index (χ2v) is 13.3. The average Bonchev–Trinajstić information content (AvgIpc) is 2.93. The van der Waals surface area contributed by atoms with E-state index in [-0.39, 0.29) is 29.2 Å². The van der Waals surface area contributed by atoms with Crippen molar-refractivity contribution in [3.05, 3.63) is 0 Å². The summed E-state index contributed by atoms with van der Waals surface area (Å²) >= 11 is 0. The molecule has 220 valence electrons. The van der Waals surface area contributed by atoms with Crippen LogP contribution in [0.15, 0.2) is 0 Å². The third-order valence-electron chi connectivity index (χ3n) is 10.8. The van der Waals surface area contributed by atoms with Crippen LogP contribution in [-0.4, -0.2) is 46.3 Å². The normalized spacial score (nSPS) is 35.9. The zero-order valence-corrected chi connectivity index (χ0v) is 23.8. The SMILES string of the molecule is CC(C)(C1CCC(C(=O)OC2CCCCC2C(=O)O)CC1)C1CCC(C(=O)OC2CCCCC2C(=O)O)CC1. The van der Waals surface area contributed by atoms with Crippen LogP contribution in [0.4, 0.5) is 0 Å². The Kier molecular flexibility index (Phi) is 9.97. The summed E-state index contributed by atoms with van der Waals surface area (Å²) in [7, 11) is 0. The molecular formula is C31H48O8. The molecule has 4 saturated carbocycles. The Balaban J connectivity index is 1.23. The van der Waals surface area contributed by atoms with Crippen LogP contribution >= 0.6 is 0 Å². The lowest BCUT2D eigenvalue weighted by Crippen LogP contribution is -2.41. The van der Waals surface area contributed by atoms with Gasteiger partial charge in [-0.3, -0.25) is 19.2 Å². The molecule has 4 unspecified atom stereocenters. The first-order chi connectivity index (χ1) is 18.6. The molecule has 39 heavy (non-hydrogen) atoms. The molecule has 0 spiro atoms. The minimum atomic E-state index is -0.862. The van der Waals surface area contributed by atoms with E-state index >= 15 is 0 Å². The summed E-state index contributed by atoms with van der Waals surface area (Å²) in [5.41, 5.74) is 0.0965. The van der Waals surface area contributed by atoms with Gasteiger partial charge in [0.25, 0.3) is 0 Å². The molecule has 0 aromatic rings. The molecule has 4 aliphatic rings. The minimum Gasteiger partial charge on any atom is -0.481 e. The number of carboxylic acids is 2. The lowest BCUT2D eigenvalue weighted by Gasteiger charge is -2.46. The van der Waals surface area contributed by atoms with E-state index < -0.39 is 36.0 Å². The molecule has 8 nitrogen and oxygen atoms in total. The molecule has 2 N–H and O–H groups in total. The van der Waals surface area contributed by atoms with Crippen molar-refractivity contribution in [3.63, 3.8) is 0 Å². The van der Waals surface area contributed by atoms with Gasteiger partial charge in [0.15, 0.2) is 0 Å². The number of ether oxygens (including phenoxy) is 2. The van der Waals surface area contributed by atoms with Crippen LogP contribution in [0.5, 0.6) is 0 Å². The average molecular weight is 549 g/mol. The largest absolute Gasteiger partial charge is 0.481 e. The molecule has 0 amide bonds. The van der Waals surface area contributed by atoms with E-state index in [9.17, 15) is 29.4 Å². The van der Waals surface area contributed by atoms with Crippen LogP contribution in [0, 0.1) is 40.9 Å². The van der Waals surface area contributed by atoms with Gasteiger partial charge in [-0.05, 0) is 107 Å². The van der Waals surface area contributed by atoms with Crippen molar-refractivity contribution in [3.8, 4) is 0 Å². The molecule has 4 atom stereocenters. The Morgan fingerprint density at radius 1 is 0.538 bits per heavy atom. The van der Waals surface area contributed by atoms with Crippen molar-refractivity contribution in [1.82, 2.24) is 0 Å². The molecule has 0 radical (unpaired) electrons. The molecule has 0 aromatic carbocycles. The summed E-state index contributed by atoms with van der Waals surface area (Å²) < 4.78 is 11.5. The van der Waals surface area contributed by atoms with Crippen LogP contribution < -0.4 is 0 Å². The first-order valence-electron chi connectivity index (χ1n) is 15.4. The van der Waals surface area contributed by atoms with Gasteiger partial charge < -0.3 is 19.7 Å². The highest BCUT2D eigenvalue weighted by Crippen LogP contribution is 2.50. The minimum absolute atomic E-state index is 0.0965. The van der Waals surface area contributed by atoms with E-state index in [0.717, 1.165) is 77.0 Å². The smallest absolute Gasteiger partial charge is 0.310 e. The van der Waals surface area contributed by atoms with Gasteiger partial charge >= 0.3 is 23.9 Å². The van der Waals surface area contributed by atoms with Gasteiger partial charge in [0.2, 0.25) is 0 Å². The number of carbonyl (C=O) groups excluding carboxylic acids is 2. The molecule has 4 fully saturated rings. The topological polar surface area (TPSA) is 127 Å². The summed E-state index contributed by atoms with van der Waals surface area (Å²) in [5.74, 6) is -2.61. The third kappa shape index (κ3) is 7.15. The fourth-order valence-electron chi connectivity index (χ4n) is 8.01. The van der Waals surface area contributed by atoms with Crippen LogP contribution in [0.3, 0.4) is 0 Å². The molecule has 0 aromatic heterocycles. The predicted octanol–water partition coefficient (Wildman–Crippen LogP) is 6.00. The zero-order valence-electron chi connectivity index (χ0n) is 23.8. The Labute approximate surface area is 232 Å². The first-order valence-corrected chi connectivity index (χ1v) is 15.4. The standard InChI is InChI=1S/C31H48O8/c1-31(2,21-15-11-19(12-16-21)29(36)38-25-9-5-3-7-23(25)27(32)33)22-17-13-20(14-18-22)30(37)39-26-10-6-4-8-24(26)28(34)35/h19-26H,3-18H2,1-2H3,(H,32,33)(H,34,35). The molecule has 8 heteroatoms. The van der Waals surface area contributed by atoms with E-state index in [1.165, 1.54) is 0 Å². The number of rotatable bonds is 8. The molecular weight excluding hydrogens is 500 g/mol. The second kappa shape index (κ2) is 13.0. The fourth-order valence-corrected chi connectivity index (χ4v) is 8.01. The van der Waals surface area contributed by atoms with Crippen LogP contribution in [0.2, 0.25) is 0 Å². The van der Waals surface area contributed by atoms with Crippen LogP contribution in [0.1, 0.15) is 117 Å². The van der Waals surface area contributed by atoms with Crippen LogP contribution in [0.25, 0.3) is 0 Å². The lowest BCUT2D eigenvalue weighted by atomic mass is 9.59. The van der Waals surface area contributed by atoms with Gasteiger partial charge in [-0.2, -0.15) is 0 Å². The number of aliphatic carboxylic acids is 2. The van der Waals surface area contributed by atoms with Crippen LogP contribution in [-0.2, 0) is 28.7 Å². The van der Waals surface area contributed by atoms with Gasteiger partial charge in [0, 0.05) is 0 Å². The zero-order chi connectivity index (χ0) is 28.2. The molecule has 0 heterocycles. The summed E-state index contributed by atoms with van der Waals surface area (Å²) in [6.45, 7) is 4.66. The molecule has 4 aliphatic carbocycles. The summed E-state index contributed by atoms with van der Waals surface area (Å²) in [5, 5.41) is 19.0. The number of carboxylic acid groups (broad SMARTS) is 2. The van der Waals surface area contributed by atoms with E-state index in [1.807, 2.05) is 0 Å². The highest BCUT2D eigenvalue weighted by atomic mass is 16.6. The van der Waals surface area contributed by atoms with Crippen molar-refractivity contribution in [1.29, 1.82) is 0 Å². The monoisotopic (exact) mass is 548 g/mol. The van der Waals surface area contributed by atoms with E-state index in [1.54, 1.807) is 0 Å². The maximum atomic E-state index is 12.9. The lowest BCUT2D eigenvalue weighted by molar-refractivity contribution is -0.167. The Morgan fingerprint density at radius 3 is 1.21 bits per heavy atom. The van der Waals surface area contributed by atoms with Gasteiger partial charge in [-0.1, -0.05) is 26.7 Å². The highest BCUT2D eigenvalue weighted by Gasteiger charge is 2.44. The predicted molar refractivity (Wildman–Crippen MR) is 144 cm³/mol. The summed E-state index contributed by atoms with van der Waals surface area (Å²) in [6.07, 6.45) is 12.0. The van der Waals surface area contributed by atoms with Crippen molar-refractivity contribution < 1.29 is 38.9 Å².